The van der Waals surface area contributed by atoms with E-state index in [-0.39, 0.29) is 0 Å². The second-order valence-electron chi connectivity index (χ2n) is 16.5. The van der Waals surface area contributed by atoms with Crippen molar-refractivity contribution >= 4 is 60.4 Å². The summed E-state index contributed by atoms with van der Waals surface area (Å²) in [5.41, 5.74) is 16.4. The first-order valence-electron chi connectivity index (χ1n) is 22.0. The molecular weight excluding hydrogens is 773 g/mol. The molecule has 300 valence electrons. The van der Waals surface area contributed by atoms with Gasteiger partial charge in [-0.15, -0.1) is 0 Å². The van der Waals surface area contributed by atoms with Crippen LogP contribution in [0.2, 0.25) is 0 Å². The second-order valence-corrected chi connectivity index (χ2v) is 16.5. The molecule has 0 amide bonds. The minimum Gasteiger partial charge on any atom is -0.310 e. The first kappa shape index (κ1) is 37.3. The molecule has 0 aliphatic heterocycles. The first-order valence-corrected chi connectivity index (χ1v) is 22.0. The monoisotopic (exact) mass is 814 g/mol. The fourth-order valence-corrected chi connectivity index (χ4v) is 9.73. The van der Waals surface area contributed by atoms with E-state index in [4.69, 9.17) is 0 Å². The van der Waals surface area contributed by atoms with Crippen LogP contribution in [0, 0.1) is 0 Å². The lowest BCUT2D eigenvalue weighted by atomic mass is 9.96. The summed E-state index contributed by atoms with van der Waals surface area (Å²) < 4.78 is 2.44. The number of fused-ring (bicyclic) bond motifs is 6. The van der Waals surface area contributed by atoms with E-state index in [1.807, 2.05) is 0 Å². The van der Waals surface area contributed by atoms with Gasteiger partial charge in [-0.1, -0.05) is 200 Å². The topological polar surface area (TPSA) is 8.17 Å². The molecule has 12 aromatic rings. The molecule has 1 aromatic heterocycles. The van der Waals surface area contributed by atoms with Crippen LogP contribution in [-0.4, -0.2) is 4.57 Å². The molecule has 2 nitrogen and oxygen atoms in total. The Morgan fingerprint density at radius 2 is 0.781 bits per heavy atom. The van der Waals surface area contributed by atoms with Gasteiger partial charge < -0.3 is 9.47 Å². The Hall–Kier alpha value is -8.46. The van der Waals surface area contributed by atoms with Crippen LogP contribution in [0.5, 0.6) is 0 Å². The lowest BCUT2D eigenvalue weighted by molar-refractivity contribution is 1.19. The summed E-state index contributed by atoms with van der Waals surface area (Å²) in [5.74, 6) is 0. The molecule has 11 aromatic carbocycles. The summed E-state index contributed by atoms with van der Waals surface area (Å²) >= 11 is 0. The Bertz CT molecular complexity index is 3620. The van der Waals surface area contributed by atoms with Gasteiger partial charge in [0.25, 0.3) is 0 Å². The molecule has 0 atom stereocenters. The maximum atomic E-state index is 2.44. The smallest absolute Gasteiger partial charge is 0.0619 e. The molecular formula is C62H42N2. The Kier molecular flexibility index (Phi) is 9.20. The summed E-state index contributed by atoms with van der Waals surface area (Å²) in [7, 11) is 0. The van der Waals surface area contributed by atoms with E-state index >= 15 is 0 Å². The maximum Gasteiger partial charge on any atom is 0.0619 e. The minimum atomic E-state index is 1.09. The highest BCUT2D eigenvalue weighted by Crippen LogP contribution is 2.44. The molecule has 64 heavy (non-hydrogen) atoms. The molecule has 12 rings (SSSR count). The largest absolute Gasteiger partial charge is 0.310 e. The van der Waals surface area contributed by atoms with Crippen LogP contribution in [0.4, 0.5) is 17.1 Å². The van der Waals surface area contributed by atoms with Gasteiger partial charge >= 0.3 is 0 Å². The zero-order valence-corrected chi connectivity index (χ0v) is 35.1. The highest BCUT2D eigenvalue weighted by atomic mass is 15.1. The predicted molar refractivity (Wildman–Crippen MR) is 272 cm³/mol. The van der Waals surface area contributed by atoms with Gasteiger partial charge in [0.1, 0.15) is 0 Å². The van der Waals surface area contributed by atoms with E-state index in [1.165, 1.54) is 82.3 Å². The van der Waals surface area contributed by atoms with E-state index in [1.54, 1.807) is 0 Å². The van der Waals surface area contributed by atoms with Crippen molar-refractivity contribution in [1.29, 1.82) is 0 Å². The van der Waals surface area contributed by atoms with Crippen LogP contribution in [0.1, 0.15) is 0 Å². The minimum absolute atomic E-state index is 1.09. The molecule has 0 fully saturated rings. The number of hydrogen-bond acceptors (Lipinski definition) is 1. The molecule has 0 radical (unpaired) electrons. The molecule has 0 bridgehead atoms. The third-order valence-electron chi connectivity index (χ3n) is 12.8. The van der Waals surface area contributed by atoms with Crippen LogP contribution in [0.15, 0.2) is 255 Å². The Morgan fingerprint density at radius 3 is 1.48 bits per heavy atom. The number of benzene rings is 11. The molecule has 2 heteroatoms. The number of hydrogen-bond donors (Lipinski definition) is 0. The van der Waals surface area contributed by atoms with E-state index < -0.39 is 0 Å². The van der Waals surface area contributed by atoms with Gasteiger partial charge in [0.05, 0.1) is 11.0 Å². The first-order chi connectivity index (χ1) is 31.7. The summed E-state index contributed by atoms with van der Waals surface area (Å²) in [6.45, 7) is 0. The third-order valence-corrected chi connectivity index (χ3v) is 12.8. The normalized spacial score (nSPS) is 11.4. The van der Waals surface area contributed by atoms with Crippen molar-refractivity contribution in [2.24, 2.45) is 0 Å². The molecule has 0 unspecified atom stereocenters. The summed E-state index contributed by atoms with van der Waals surface area (Å²) in [4.78, 5) is 2.38. The molecule has 0 spiro atoms. The van der Waals surface area contributed by atoms with Crippen molar-refractivity contribution in [3.63, 3.8) is 0 Å². The van der Waals surface area contributed by atoms with Crippen molar-refractivity contribution in [2.45, 2.75) is 0 Å². The Morgan fingerprint density at radius 1 is 0.281 bits per heavy atom. The Balaban J connectivity index is 0.969. The van der Waals surface area contributed by atoms with Gasteiger partial charge in [-0.3, -0.25) is 0 Å². The average Bonchev–Trinajstić information content (AvgIpc) is 3.73. The van der Waals surface area contributed by atoms with Gasteiger partial charge in [0.2, 0.25) is 0 Å². The van der Waals surface area contributed by atoms with Crippen LogP contribution in [0.25, 0.3) is 93.5 Å². The molecule has 0 saturated carbocycles. The van der Waals surface area contributed by atoms with Gasteiger partial charge in [-0.2, -0.15) is 0 Å². The molecule has 0 N–H and O–H groups in total. The summed E-state index contributed by atoms with van der Waals surface area (Å²) in [6, 6.07) is 92.6. The van der Waals surface area contributed by atoms with E-state index in [9.17, 15) is 0 Å². The molecule has 0 aliphatic rings. The zero-order chi connectivity index (χ0) is 42.4. The van der Waals surface area contributed by atoms with Gasteiger partial charge in [0.15, 0.2) is 0 Å². The van der Waals surface area contributed by atoms with Crippen molar-refractivity contribution in [2.75, 3.05) is 4.90 Å². The number of aromatic nitrogens is 1. The maximum absolute atomic E-state index is 2.44. The second kappa shape index (κ2) is 15.8. The molecule has 0 aliphatic carbocycles. The van der Waals surface area contributed by atoms with Crippen molar-refractivity contribution in [3.05, 3.63) is 255 Å². The Labute approximate surface area is 373 Å². The number of anilines is 3. The SMILES string of the molecule is c1ccc(-c2ccc(N(c3ccc(-c4ccc(-c5cccc6ccccc56)cc4)cc3)c3cccc(-c4cccc5c4c4ccc6ccccc6c4n5-c4ccccc4)c3)cc2)cc1. The zero-order valence-electron chi connectivity index (χ0n) is 35.1. The van der Waals surface area contributed by atoms with Crippen molar-refractivity contribution < 1.29 is 0 Å². The molecule has 0 saturated heterocycles. The number of nitrogens with zero attached hydrogens (tertiary/aromatic N) is 2. The van der Waals surface area contributed by atoms with Crippen LogP contribution < -0.4 is 4.90 Å². The predicted octanol–water partition coefficient (Wildman–Crippen LogP) is 17.2. The molecule has 1 heterocycles. The van der Waals surface area contributed by atoms with Crippen molar-refractivity contribution in [1.82, 2.24) is 4.57 Å². The lowest BCUT2D eigenvalue weighted by Crippen LogP contribution is -2.10. The van der Waals surface area contributed by atoms with Gasteiger partial charge in [-0.05, 0) is 115 Å². The number of rotatable bonds is 8. The van der Waals surface area contributed by atoms with E-state index in [0.29, 0.717) is 0 Å². The third kappa shape index (κ3) is 6.52. The highest BCUT2D eigenvalue weighted by molar-refractivity contribution is 6.22. The quantitative estimate of drug-likeness (QED) is 0.148. The van der Waals surface area contributed by atoms with Crippen molar-refractivity contribution in [3.8, 4) is 50.2 Å². The van der Waals surface area contributed by atoms with Gasteiger partial charge in [0, 0.05) is 38.9 Å². The van der Waals surface area contributed by atoms with E-state index in [2.05, 4.69) is 264 Å². The van der Waals surface area contributed by atoms with Gasteiger partial charge in [-0.25, -0.2) is 0 Å². The van der Waals surface area contributed by atoms with Crippen LogP contribution in [0.3, 0.4) is 0 Å². The fourth-order valence-electron chi connectivity index (χ4n) is 9.73. The van der Waals surface area contributed by atoms with Crippen LogP contribution >= 0.6 is 0 Å². The fraction of sp³-hybridized carbons (Fsp3) is 0. The summed E-state index contributed by atoms with van der Waals surface area (Å²) in [5, 5.41) is 7.50. The summed E-state index contributed by atoms with van der Waals surface area (Å²) in [6.07, 6.45) is 0. The average molecular weight is 815 g/mol. The highest BCUT2D eigenvalue weighted by Gasteiger charge is 2.20. The number of para-hydroxylation sites is 1. The van der Waals surface area contributed by atoms with Crippen LogP contribution in [-0.2, 0) is 0 Å². The lowest BCUT2D eigenvalue weighted by Gasteiger charge is -2.26. The standard InChI is InChI=1S/C62H42N2/c1-3-14-43(15-4-1)45-32-37-52(38-33-45)63(53-39-34-46(35-40-53)44-28-30-49(31-29-44)56-25-12-18-47-16-7-9-23-55(47)56)54-22-11-19-50(42-54)57-26-13-27-60-61(57)59-41-36-48-17-8-10-24-58(48)62(59)64(60)51-20-5-2-6-21-51/h1-42H. The van der Waals surface area contributed by atoms with E-state index in [0.717, 1.165) is 28.3 Å².